The fourth-order valence-corrected chi connectivity index (χ4v) is 1.96. The van der Waals surface area contributed by atoms with Crippen molar-refractivity contribution in [1.82, 2.24) is 0 Å². The Labute approximate surface area is 108 Å². The van der Waals surface area contributed by atoms with Crippen LogP contribution in [0, 0.1) is 17.0 Å². The number of amides is 1. The van der Waals surface area contributed by atoms with Gasteiger partial charge in [0.2, 0.25) is 5.91 Å². The molecular weight excluding hydrogens is 248 g/mol. The molecule has 0 radical (unpaired) electrons. The lowest BCUT2D eigenvalue weighted by molar-refractivity contribution is -0.383. The number of nitro benzene ring substituents is 1. The summed E-state index contributed by atoms with van der Waals surface area (Å²) in [5.74, 6) is -0.270. The quantitative estimate of drug-likeness (QED) is 0.641. The molecule has 0 saturated heterocycles. The first-order valence-electron chi connectivity index (χ1n) is 5.58. The van der Waals surface area contributed by atoms with Gasteiger partial charge in [0.1, 0.15) is 5.75 Å². The van der Waals surface area contributed by atoms with Crippen molar-refractivity contribution in [2.45, 2.75) is 13.8 Å². The number of carbonyl (C=O) groups excluding carboxylic acids is 1. The Hall–Kier alpha value is -2.63. The molecule has 0 bridgehead atoms. The van der Waals surface area contributed by atoms with Gasteiger partial charge < -0.3 is 10.4 Å². The van der Waals surface area contributed by atoms with Gasteiger partial charge in [0.25, 0.3) is 5.69 Å². The summed E-state index contributed by atoms with van der Waals surface area (Å²) in [6, 6.07) is 5.92. The van der Waals surface area contributed by atoms with E-state index in [0.717, 1.165) is 0 Å². The van der Waals surface area contributed by atoms with Crippen molar-refractivity contribution in [2.75, 3.05) is 5.32 Å². The third-order valence-corrected chi connectivity index (χ3v) is 2.79. The number of phenols is 1. The van der Waals surface area contributed by atoms with Crippen molar-refractivity contribution in [1.29, 1.82) is 0 Å². The summed E-state index contributed by atoms with van der Waals surface area (Å²) >= 11 is 0. The highest BCUT2D eigenvalue weighted by molar-refractivity contribution is 6.00. The molecule has 2 aromatic carbocycles. The zero-order valence-corrected chi connectivity index (χ0v) is 10.4. The third kappa shape index (κ3) is 2.33. The minimum absolute atomic E-state index is 0.0206. The van der Waals surface area contributed by atoms with Gasteiger partial charge >= 0.3 is 0 Å². The molecule has 0 spiro atoms. The summed E-state index contributed by atoms with van der Waals surface area (Å²) in [6.07, 6.45) is 0. The molecule has 2 aromatic rings. The molecule has 0 aliphatic rings. The Bertz CT molecular complexity index is 695. The Morgan fingerprint density at radius 3 is 2.58 bits per heavy atom. The maximum atomic E-state index is 11.0. The Morgan fingerprint density at radius 1 is 1.32 bits per heavy atom. The smallest absolute Gasteiger partial charge is 0.277 e. The van der Waals surface area contributed by atoms with E-state index in [1.807, 2.05) is 0 Å². The highest BCUT2D eigenvalue weighted by Crippen LogP contribution is 2.36. The Balaban J connectivity index is 2.74. The molecule has 6 nitrogen and oxygen atoms in total. The molecule has 2 N–H and O–H groups in total. The number of nitrogens with one attached hydrogen (secondary N) is 1. The van der Waals surface area contributed by atoms with Crippen molar-refractivity contribution < 1.29 is 14.8 Å². The van der Waals surface area contributed by atoms with Crippen LogP contribution in [0.15, 0.2) is 24.3 Å². The first-order chi connectivity index (χ1) is 8.90. The van der Waals surface area contributed by atoms with E-state index >= 15 is 0 Å². The lowest BCUT2D eigenvalue weighted by Gasteiger charge is -2.08. The third-order valence-electron chi connectivity index (χ3n) is 2.79. The fourth-order valence-electron chi connectivity index (χ4n) is 1.96. The van der Waals surface area contributed by atoms with Crippen molar-refractivity contribution >= 4 is 28.1 Å². The second kappa shape index (κ2) is 4.56. The summed E-state index contributed by atoms with van der Waals surface area (Å²) in [7, 11) is 0. The number of nitro groups is 1. The Morgan fingerprint density at radius 2 is 2.00 bits per heavy atom. The highest BCUT2D eigenvalue weighted by Gasteiger charge is 2.17. The number of non-ortho nitro benzene ring substituents is 1. The second-order valence-corrected chi connectivity index (χ2v) is 4.26. The Kier molecular flexibility index (Phi) is 3.08. The summed E-state index contributed by atoms with van der Waals surface area (Å²) < 4.78 is 0. The number of fused-ring (bicyclic) bond motifs is 1. The van der Waals surface area contributed by atoms with Crippen molar-refractivity contribution in [3.05, 3.63) is 39.9 Å². The largest absolute Gasteiger partial charge is 0.507 e. The van der Waals surface area contributed by atoms with Crippen LogP contribution in [-0.2, 0) is 4.79 Å². The van der Waals surface area contributed by atoms with Crippen LogP contribution in [0.4, 0.5) is 11.4 Å². The lowest BCUT2D eigenvalue weighted by Crippen LogP contribution is -2.05. The molecule has 1 amide bonds. The number of hydrogen-bond donors (Lipinski definition) is 2. The maximum absolute atomic E-state index is 11.0. The summed E-state index contributed by atoms with van der Waals surface area (Å²) in [4.78, 5) is 21.5. The van der Waals surface area contributed by atoms with E-state index in [2.05, 4.69) is 5.32 Å². The van der Waals surface area contributed by atoms with Crippen LogP contribution < -0.4 is 5.32 Å². The molecule has 0 aliphatic carbocycles. The SMILES string of the molecule is CC(=O)Nc1ccc2c([N+](=O)[O-])cc(C)c(O)c2c1. The number of rotatable bonds is 2. The predicted molar refractivity (Wildman–Crippen MR) is 71.3 cm³/mol. The zero-order chi connectivity index (χ0) is 14.2. The van der Waals surface area contributed by atoms with Crippen LogP contribution in [0.3, 0.4) is 0 Å². The molecule has 0 aromatic heterocycles. The maximum Gasteiger partial charge on any atom is 0.277 e. The minimum atomic E-state index is -0.493. The molecule has 2 rings (SSSR count). The van der Waals surface area contributed by atoms with Gasteiger partial charge in [-0.1, -0.05) is 0 Å². The summed E-state index contributed by atoms with van der Waals surface area (Å²) in [5, 5.41) is 24.2. The van der Waals surface area contributed by atoms with Crippen LogP contribution >= 0.6 is 0 Å². The van der Waals surface area contributed by atoms with Gasteiger partial charge in [-0.15, -0.1) is 0 Å². The topological polar surface area (TPSA) is 92.5 Å². The molecule has 19 heavy (non-hydrogen) atoms. The average Bonchev–Trinajstić information content (AvgIpc) is 2.33. The molecule has 98 valence electrons. The van der Waals surface area contributed by atoms with Crippen LogP contribution in [0.1, 0.15) is 12.5 Å². The van der Waals surface area contributed by atoms with Crippen LogP contribution in [0.25, 0.3) is 10.8 Å². The minimum Gasteiger partial charge on any atom is -0.507 e. The number of hydrogen-bond acceptors (Lipinski definition) is 4. The number of anilines is 1. The lowest BCUT2D eigenvalue weighted by atomic mass is 10.0. The number of benzene rings is 2. The number of carbonyl (C=O) groups is 1. The van der Waals surface area contributed by atoms with Gasteiger partial charge in [-0.2, -0.15) is 0 Å². The molecule has 0 heterocycles. The molecular formula is C13H12N2O4. The van der Waals surface area contributed by atoms with Crippen molar-refractivity contribution in [2.24, 2.45) is 0 Å². The van der Waals surface area contributed by atoms with E-state index in [-0.39, 0.29) is 17.3 Å². The van der Waals surface area contributed by atoms with Crippen LogP contribution in [0.5, 0.6) is 5.75 Å². The van der Waals surface area contributed by atoms with Gasteiger partial charge in [-0.25, -0.2) is 0 Å². The molecule has 6 heteroatoms. The van der Waals surface area contributed by atoms with E-state index in [9.17, 15) is 20.0 Å². The molecule has 0 saturated carbocycles. The van der Waals surface area contributed by atoms with Gasteiger partial charge in [-0.3, -0.25) is 14.9 Å². The first-order valence-corrected chi connectivity index (χ1v) is 5.58. The standard InChI is InChI=1S/C13H12N2O4/c1-7-5-12(15(18)19)10-4-3-9(14-8(2)16)6-11(10)13(7)17/h3-6,17H,1-2H3,(H,14,16). The molecule has 0 atom stereocenters. The van der Waals surface area contributed by atoms with E-state index < -0.39 is 4.92 Å². The summed E-state index contributed by atoms with van der Waals surface area (Å²) in [5.41, 5.74) is 0.828. The van der Waals surface area contributed by atoms with Gasteiger partial charge in [0.05, 0.1) is 10.3 Å². The number of nitrogens with zero attached hydrogens (tertiary/aromatic N) is 1. The molecule has 0 unspecified atom stereocenters. The molecule has 0 fully saturated rings. The first kappa shape index (κ1) is 12.8. The normalized spacial score (nSPS) is 10.4. The zero-order valence-electron chi connectivity index (χ0n) is 10.4. The van der Waals surface area contributed by atoms with E-state index in [0.29, 0.717) is 22.0 Å². The van der Waals surface area contributed by atoms with E-state index in [4.69, 9.17) is 0 Å². The van der Waals surface area contributed by atoms with Gasteiger partial charge in [-0.05, 0) is 30.7 Å². The van der Waals surface area contributed by atoms with Gasteiger partial charge in [0.15, 0.2) is 0 Å². The second-order valence-electron chi connectivity index (χ2n) is 4.26. The van der Waals surface area contributed by atoms with E-state index in [1.165, 1.54) is 25.1 Å². The fraction of sp³-hybridized carbons (Fsp3) is 0.154. The predicted octanol–water partition coefficient (Wildman–Crippen LogP) is 2.72. The molecule has 0 aliphatic heterocycles. The highest BCUT2D eigenvalue weighted by atomic mass is 16.6. The van der Waals surface area contributed by atoms with Crippen molar-refractivity contribution in [3.63, 3.8) is 0 Å². The number of phenolic OH excluding ortho intramolecular Hbond substituents is 1. The van der Waals surface area contributed by atoms with E-state index in [1.54, 1.807) is 13.0 Å². The monoisotopic (exact) mass is 260 g/mol. The number of aryl methyl sites for hydroxylation is 1. The average molecular weight is 260 g/mol. The summed E-state index contributed by atoms with van der Waals surface area (Å²) in [6.45, 7) is 2.95. The van der Waals surface area contributed by atoms with Gasteiger partial charge in [0, 0.05) is 24.1 Å². The number of aromatic hydroxyl groups is 1. The van der Waals surface area contributed by atoms with Crippen LogP contribution in [0.2, 0.25) is 0 Å². The van der Waals surface area contributed by atoms with Crippen LogP contribution in [-0.4, -0.2) is 15.9 Å². The van der Waals surface area contributed by atoms with Crippen molar-refractivity contribution in [3.8, 4) is 5.75 Å².